The highest BCUT2D eigenvalue weighted by atomic mass is 35.5. The van der Waals surface area contributed by atoms with Gasteiger partial charge in [-0.2, -0.15) is 5.10 Å². The molecule has 0 spiro atoms. The molecule has 1 atom stereocenters. The van der Waals surface area contributed by atoms with Gasteiger partial charge < -0.3 is 5.32 Å². The number of halogens is 1. The molecule has 4 heteroatoms. The highest BCUT2D eigenvalue weighted by Gasteiger charge is 2.19. The molecule has 3 nitrogen and oxygen atoms in total. The molecule has 0 saturated carbocycles. The van der Waals surface area contributed by atoms with Crippen molar-refractivity contribution in [3.63, 3.8) is 0 Å². The van der Waals surface area contributed by atoms with Gasteiger partial charge in [0.25, 0.3) is 0 Å². The molecule has 0 fully saturated rings. The van der Waals surface area contributed by atoms with Gasteiger partial charge in [0.15, 0.2) is 0 Å². The zero-order chi connectivity index (χ0) is 13.0. The number of nitrogens with zero attached hydrogens (tertiary/aromatic N) is 2. The Morgan fingerprint density at radius 1 is 1.41 bits per heavy atom. The van der Waals surface area contributed by atoms with Gasteiger partial charge in [-0.05, 0) is 38.3 Å². The smallest absolute Gasteiger partial charge is 0.0849 e. The molecule has 0 aromatic carbocycles. The molecule has 1 N–H and O–H groups in total. The molecule has 1 rings (SSSR count). The van der Waals surface area contributed by atoms with Crippen LogP contribution in [0, 0.1) is 11.8 Å². The molecule has 17 heavy (non-hydrogen) atoms. The molecule has 1 aromatic rings. The molecular formula is C13H24ClN3. The van der Waals surface area contributed by atoms with E-state index in [1.54, 1.807) is 0 Å². The molecule has 0 aliphatic carbocycles. The lowest BCUT2D eigenvalue weighted by atomic mass is 9.91. The summed E-state index contributed by atoms with van der Waals surface area (Å²) >= 11 is 6.37. The van der Waals surface area contributed by atoms with E-state index in [0.717, 1.165) is 35.8 Å². The van der Waals surface area contributed by atoms with Crippen molar-refractivity contribution in [2.24, 2.45) is 18.9 Å². The largest absolute Gasteiger partial charge is 0.319 e. The van der Waals surface area contributed by atoms with E-state index < -0.39 is 0 Å². The normalized spacial score (nSPS) is 13.4. The topological polar surface area (TPSA) is 29.9 Å². The third kappa shape index (κ3) is 3.46. The Morgan fingerprint density at radius 3 is 2.47 bits per heavy atom. The van der Waals surface area contributed by atoms with Crippen molar-refractivity contribution in [2.45, 2.75) is 33.6 Å². The van der Waals surface area contributed by atoms with Gasteiger partial charge in [-0.3, -0.25) is 4.68 Å². The van der Waals surface area contributed by atoms with Crippen molar-refractivity contribution < 1.29 is 0 Å². The minimum absolute atomic E-state index is 0.595. The number of hydrogen-bond acceptors (Lipinski definition) is 2. The summed E-state index contributed by atoms with van der Waals surface area (Å²) in [4.78, 5) is 0. The standard InChI is InChI=1S/C13H24ClN3/c1-6-11-13(14)12(17(5)16-11)7-10(8-15-4)9(2)3/h9-10,15H,6-8H2,1-5H3. The van der Waals surface area contributed by atoms with Crippen LogP contribution >= 0.6 is 11.6 Å². The molecule has 0 bridgehead atoms. The van der Waals surface area contributed by atoms with E-state index in [0.29, 0.717) is 11.8 Å². The van der Waals surface area contributed by atoms with Gasteiger partial charge in [0.1, 0.15) is 0 Å². The summed E-state index contributed by atoms with van der Waals surface area (Å²) in [5.41, 5.74) is 2.17. The second-order valence-electron chi connectivity index (χ2n) is 4.95. The van der Waals surface area contributed by atoms with E-state index in [1.807, 2.05) is 18.8 Å². The van der Waals surface area contributed by atoms with Gasteiger partial charge in [-0.1, -0.05) is 32.4 Å². The van der Waals surface area contributed by atoms with E-state index >= 15 is 0 Å². The molecule has 0 radical (unpaired) electrons. The fraction of sp³-hybridized carbons (Fsp3) is 0.769. The van der Waals surface area contributed by atoms with Crippen molar-refractivity contribution in [2.75, 3.05) is 13.6 Å². The van der Waals surface area contributed by atoms with E-state index in [1.165, 1.54) is 0 Å². The number of hydrogen-bond donors (Lipinski definition) is 1. The summed E-state index contributed by atoms with van der Waals surface area (Å²) in [5, 5.41) is 8.58. The van der Waals surface area contributed by atoms with Crippen LogP contribution in [-0.2, 0) is 19.9 Å². The molecular weight excluding hydrogens is 234 g/mol. The Labute approximate surface area is 110 Å². The summed E-state index contributed by atoms with van der Waals surface area (Å²) in [6.07, 6.45) is 1.88. The van der Waals surface area contributed by atoms with E-state index in [4.69, 9.17) is 11.6 Å². The van der Waals surface area contributed by atoms with Crippen LogP contribution in [0.5, 0.6) is 0 Å². The quantitative estimate of drug-likeness (QED) is 0.849. The number of rotatable bonds is 6. The van der Waals surface area contributed by atoms with Gasteiger partial charge in [0.05, 0.1) is 16.4 Å². The lowest BCUT2D eigenvalue weighted by Gasteiger charge is -2.20. The Bertz CT molecular complexity index is 358. The Balaban J connectivity index is 2.88. The number of nitrogens with one attached hydrogen (secondary N) is 1. The molecule has 0 aliphatic rings. The minimum Gasteiger partial charge on any atom is -0.319 e. The zero-order valence-corrected chi connectivity index (χ0v) is 12.3. The van der Waals surface area contributed by atoms with Gasteiger partial charge in [-0.25, -0.2) is 0 Å². The van der Waals surface area contributed by atoms with Crippen LogP contribution in [0.3, 0.4) is 0 Å². The molecule has 1 unspecified atom stereocenters. The maximum Gasteiger partial charge on any atom is 0.0849 e. The second kappa shape index (κ2) is 6.41. The lowest BCUT2D eigenvalue weighted by Crippen LogP contribution is -2.26. The average molecular weight is 258 g/mol. The fourth-order valence-electron chi connectivity index (χ4n) is 2.10. The van der Waals surface area contributed by atoms with E-state index in [-0.39, 0.29) is 0 Å². The van der Waals surface area contributed by atoms with Crippen molar-refractivity contribution in [3.05, 3.63) is 16.4 Å². The van der Waals surface area contributed by atoms with Crippen LogP contribution in [0.2, 0.25) is 5.02 Å². The summed E-state index contributed by atoms with van der Waals surface area (Å²) in [7, 11) is 3.98. The highest BCUT2D eigenvalue weighted by molar-refractivity contribution is 6.31. The Kier molecular flexibility index (Phi) is 5.47. The minimum atomic E-state index is 0.595. The molecule has 0 saturated heterocycles. The van der Waals surface area contributed by atoms with Crippen molar-refractivity contribution in [3.8, 4) is 0 Å². The van der Waals surface area contributed by atoms with Crippen molar-refractivity contribution >= 4 is 11.6 Å². The first-order valence-corrected chi connectivity index (χ1v) is 6.73. The highest BCUT2D eigenvalue weighted by Crippen LogP contribution is 2.25. The predicted octanol–water partition coefficient (Wildman–Crippen LogP) is 2.67. The SMILES string of the molecule is CCc1nn(C)c(CC(CNC)C(C)C)c1Cl. The summed E-state index contributed by atoms with van der Waals surface area (Å²) in [6.45, 7) is 7.62. The third-order valence-electron chi connectivity index (χ3n) is 3.37. The van der Waals surface area contributed by atoms with Crippen LogP contribution < -0.4 is 5.32 Å². The van der Waals surface area contributed by atoms with Gasteiger partial charge in [0, 0.05) is 7.05 Å². The Morgan fingerprint density at radius 2 is 2.06 bits per heavy atom. The predicted molar refractivity (Wildman–Crippen MR) is 73.6 cm³/mol. The van der Waals surface area contributed by atoms with E-state index in [9.17, 15) is 0 Å². The maximum atomic E-state index is 6.37. The van der Waals surface area contributed by atoms with Crippen molar-refractivity contribution in [1.82, 2.24) is 15.1 Å². The van der Waals surface area contributed by atoms with Crippen LogP contribution in [-0.4, -0.2) is 23.4 Å². The molecule has 0 amide bonds. The first-order chi connectivity index (χ1) is 8.01. The summed E-state index contributed by atoms with van der Waals surface area (Å²) in [6, 6.07) is 0. The summed E-state index contributed by atoms with van der Waals surface area (Å²) < 4.78 is 1.94. The first kappa shape index (κ1) is 14.5. The maximum absolute atomic E-state index is 6.37. The fourth-order valence-corrected chi connectivity index (χ4v) is 2.47. The van der Waals surface area contributed by atoms with Crippen LogP contribution in [0.4, 0.5) is 0 Å². The van der Waals surface area contributed by atoms with Gasteiger partial charge in [-0.15, -0.1) is 0 Å². The Hall–Kier alpha value is -0.540. The first-order valence-electron chi connectivity index (χ1n) is 6.36. The van der Waals surface area contributed by atoms with Crippen molar-refractivity contribution in [1.29, 1.82) is 0 Å². The average Bonchev–Trinajstić information content (AvgIpc) is 2.55. The van der Waals surface area contributed by atoms with Gasteiger partial charge >= 0.3 is 0 Å². The molecule has 0 aliphatic heterocycles. The van der Waals surface area contributed by atoms with Crippen LogP contribution in [0.25, 0.3) is 0 Å². The monoisotopic (exact) mass is 257 g/mol. The molecule has 1 heterocycles. The lowest BCUT2D eigenvalue weighted by molar-refractivity contribution is 0.363. The third-order valence-corrected chi connectivity index (χ3v) is 3.80. The number of aromatic nitrogens is 2. The second-order valence-corrected chi connectivity index (χ2v) is 5.33. The molecule has 1 aromatic heterocycles. The zero-order valence-electron chi connectivity index (χ0n) is 11.5. The summed E-state index contributed by atoms with van der Waals surface area (Å²) in [5.74, 6) is 1.23. The van der Waals surface area contributed by atoms with Crippen LogP contribution in [0.15, 0.2) is 0 Å². The van der Waals surface area contributed by atoms with Crippen LogP contribution in [0.1, 0.15) is 32.2 Å². The van der Waals surface area contributed by atoms with E-state index in [2.05, 4.69) is 31.2 Å². The number of aryl methyl sites for hydroxylation is 2. The molecule has 98 valence electrons. The van der Waals surface area contributed by atoms with Gasteiger partial charge in [0.2, 0.25) is 0 Å².